The Morgan fingerprint density at radius 2 is 1.69 bits per heavy atom. The van der Waals surface area contributed by atoms with Crippen LogP contribution in [0.5, 0.6) is 0 Å². The van der Waals surface area contributed by atoms with Crippen LogP contribution in [-0.2, 0) is 16.4 Å². The van der Waals surface area contributed by atoms with Crippen molar-refractivity contribution in [3.05, 3.63) is 101 Å². The normalized spacial score (nSPS) is 23.1. The Morgan fingerprint density at radius 3 is 2.29 bits per heavy atom. The fraction of sp³-hybridized carbons (Fsp3) is 0.296. The van der Waals surface area contributed by atoms with Gasteiger partial charge in [0.15, 0.2) is 9.84 Å². The summed E-state index contributed by atoms with van der Waals surface area (Å²) >= 11 is 0. The zero-order valence-electron chi connectivity index (χ0n) is 19.7. The minimum absolute atomic E-state index is 0.256. The third-order valence-corrected chi connectivity index (χ3v) is 7.68. The van der Waals surface area contributed by atoms with Crippen LogP contribution in [0.3, 0.4) is 0 Å². The van der Waals surface area contributed by atoms with Gasteiger partial charge in [-0.15, -0.1) is 0 Å². The van der Waals surface area contributed by atoms with Crippen LogP contribution in [0.25, 0.3) is 0 Å². The number of nitrogens with one attached hydrogen (secondary N) is 1. The second-order valence-corrected chi connectivity index (χ2v) is 11.3. The molecule has 2 N–H and O–H groups in total. The van der Waals surface area contributed by atoms with Gasteiger partial charge < -0.3 is 10.4 Å². The topological polar surface area (TPSA) is 86.7 Å². The number of aliphatic hydroxyl groups is 1. The van der Waals surface area contributed by atoms with Crippen LogP contribution in [0.4, 0.5) is 4.39 Å². The van der Waals surface area contributed by atoms with Crippen molar-refractivity contribution in [2.45, 2.75) is 42.5 Å². The van der Waals surface area contributed by atoms with E-state index in [2.05, 4.69) is 10.2 Å². The highest BCUT2D eigenvalue weighted by molar-refractivity contribution is 7.90. The second-order valence-electron chi connectivity index (χ2n) is 9.31. The first-order valence-corrected chi connectivity index (χ1v) is 13.3. The number of carbonyl (C=O) groups is 1. The molecular formula is C27H29FN2O4S. The van der Waals surface area contributed by atoms with Crippen molar-refractivity contribution in [3.63, 3.8) is 0 Å². The highest BCUT2D eigenvalue weighted by atomic mass is 32.2. The van der Waals surface area contributed by atoms with Crippen LogP contribution in [-0.4, -0.2) is 48.8 Å². The summed E-state index contributed by atoms with van der Waals surface area (Å²) in [5, 5.41) is 14.4. The van der Waals surface area contributed by atoms with Crippen LogP contribution >= 0.6 is 0 Å². The average molecular weight is 497 g/mol. The number of hydrogen-bond donors (Lipinski definition) is 2. The molecule has 1 heterocycles. The molecule has 3 atom stereocenters. The molecule has 1 fully saturated rings. The molecule has 6 nitrogen and oxygen atoms in total. The Hall–Kier alpha value is -3.07. The molecule has 0 aromatic heterocycles. The molecule has 1 amide bonds. The van der Waals surface area contributed by atoms with E-state index in [1.807, 2.05) is 30.3 Å². The molecule has 0 unspecified atom stereocenters. The number of hydrogen-bond acceptors (Lipinski definition) is 5. The van der Waals surface area contributed by atoms with Gasteiger partial charge >= 0.3 is 0 Å². The first-order valence-electron chi connectivity index (χ1n) is 11.4. The summed E-state index contributed by atoms with van der Waals surface area (Å²) < 4.78 is 37.0. The standard InChI is InChI=1S/C27H29FN2O4S/c1-27(32)16-17-30(18-19-8-14-23(15-9-19)35(2,33)34)24(20-6-4-3-5-7-20)25(27)29-26(31)21-10-12-22(28)13-11-21/h3-15,24-25,32H,16-18H2,1-2H3,(H,29,31)/t24-,25-,27+/m0/s1. The SMILES string of the molecule is C[C@@]1(O)CCN(Cc2ccc(S(C)(=O)=O)cc2)[C@@H](c2ccccc2)[C@@H]1NC(=O)c1ccc(F)cc1. The first kappa shape index (κ1) is 25.0. The van der Waals surface area contributed by atoms with Gasteiger partial charge in [-0.3, -0.25) is 9.69 Å². The summed E-state index contributed by atoms with van der Waals surface area (Å²) in [6, 6.07) is 20.7. The molecule has 0 spiro atoms. The molecule has 3 aromatic rings. The lowest BCUT2D eigenvalue weighted by Crippen LogP contribution is -2.62. The van der Waals surface area contributed by atoms with Crippen LogP contribution < -0.4 is 5.32 Å². The van der Waals surface area contributed by atoms with Gasteiger partial charge in [-0.25, -0.2) is 12.8 Å². The Morgan fingerprint density at radius 1 is 1.06 bits per heavy atom. The molecule has 184 valence electrons. The second kappa shape index (κ2) is 9.89. The first-order chi connectivity index (χ1) is 16.5. The van der Waals surface area contributed by atoms with Crippen molar-refractivity contribution in [2.75, 3.05) is 12.8 Å². The van der Waals surface area contributed by atoms with E-state index in [0.29, 0.717) is 25.1 Å². The number of piperidine rings is 1. The van der Waals surface area contributed by atoms with Crippen molar-refractivity contribution in [3.8, 4) is 0 Å². The number of nitrogens with zero attached hydrogens (tertiary/aromatic N) is 1. The van der Waals surface area contributed by atoms with Crippen molar-refractivity contribution in [2.24, 2.45) is 0 Å². The minimum Gasteiger partial charge on any atom is -0.388 e. The summed E-state index contributed by atoms with van der Waals surface area (Å²) in [5.41, 5.74) is 0.975. The molecule has 4 rings (SSSR count). The zero-order valence-corrected chi connectivity index (χ0v) is 20.5. The molecule has 1 saturated heterocycles. The predicted molar refractivity (Wildman–Crippen MR) is 132 cm³/mol. The maximum Gasteiger partial charge on any atom is 0.251 e. The Labute approximate surface area is 205 Å². The summed E-state index contributed by atoms with van der Waals surface area (Å²) in [7, 11) is -3.29. The highest BCUT2D eigenvalue weighted by Crippen LogP contribution is 2.38. The molecule has 0 radical (unpaired) electrons. The van der Waals surface area contributed by atoms with Crippen LogP contribution in [0, 0.1) is 5.82 Å². The number of halogens is 1. The molecular weight excluding hydrogens is 467 g/mol. The number of rotatable bonds is 6. The smallest absolute Gasteiger partial charge is 0.251 e. The Kier molecular flexibility index (Phi) is 7.07. The Balaban J connectivity index is 1.66. The van der Waals surface area contributed by atoms with Gasteiger partial charge in [-0.1, -0.05) is 42.5 Å². The van der Waals surface area contributed by atoms with E-state index in [1.165, 1.54) is 30.5 Å². The van der Waals surface area contributed by atoms with Gasteiger partial charge in [0.2, 0.25) is 0 Å². The van der Waals surface area contributed by atoms with E-state index in [9.17, 15) is 22.7 Å². The maximum atomic E-state index is 13.4. The summed E-state index contributed by atoms with van der Waals surface area (Å²) in [6.45, 7) is 2.79. The molecule has 0 bridgehead atoms. The van der Waals surface area contributed by atoms with Gasteiger partial charge in [-0.05, 0) is 60.9 Å². The third-order valence-electron chi connectivity index (χ3n) is 6.56. The Bertz CT molecular complexity index is 1280. The van der Waals surface area contributed by atoms with Gasteiger partial charge in [0.25, 0.3) is 5.91 Å². The molecule has 35 heavy (non-hydrogen) atoms. The maximum absolute atomic E-state index is 13.4. The molecule has 8 heteroatoms. The number of sulfone groups is 1. The van der Waals surface area contributed by atoms with E-state index in [1.54, 1.807) is 31.2 Å². The number of benzene rings is 3. The molecule has 1 aliphatic rings. The monoisotopic (exact) mass is 496 g/mol. The fourth-order valence-electron chi connectivity index (χ4n) is 4.58. The van der Waals surface area contributed by atoms with E-state index in [4.69, 9.17) is 0 Å². The zero-order chi connectivity index (χ0) is 25.2. The van der Waals surface area contributed by atoms with Gasteiger partial charge in [0.1, 0.15) is 5.82 Å². The van der Waals surface area contributed by atoms with E-state index in [-0.39, 0.29) is 10.9 Å². The van der Waals surface area contributed by atoms with Gasteiger partial charge in [0, 0.05) is 24.9 Å². The number of amides is 1. The van der Waals surface area contributed by atoms with E-state index >= 15 is 0 Å². The summed E-state index contributed by atoms with van der Waals surface area (Å²) in [6.07, 6.45) is 1.60. The number of likely N-dealkylation sites (tertiary alicyclic amines) is 1. The van der Waals surface area contributed by atoms with Crippen molar-refractivity contribution in [1.82, 2.24) is 10.2 Å². The third kappa shape index (κ3) is 5.78. The molecule has 0 saturated carbocycles. The molecule has 0 aliphatic carbocycles. The van der Waals surface area contributed by atoms with Crippen molar-refractivity contribution in [1.29, 1.82) is 0 Å². The quantitative estimate of drug-likeness (QED) is 0.543. The summed E-state index contributed by atoms with van der Waals surface area (Å²) in [4.78, 5) is 15.5. The van der Waals surface area contributed by atoms with Crippen LogP contribution in [0.2, 0.25) is 0 Å². The van der Waals surface area contributed by atoms with Crippen LogP contribution in [0.1, 0.15) is 40.9 Å². The largest absolute Gasteiger partial charge is 0.388 e. The van der Waals surface area contributed by atoms with E-state index < -0.39 is 33.2 Å². The highest BCUT2D eigenvalue weighted by Gasteiger charge is 2.46. The minimum atomic E-state index is -3.29. The van der Waals surface area contributed by atoms with Crippen molar-refractivity contribution < 1.29 is 22.7 Å². The predicted octanol–water partition coefficient (Wildman–Crippen LogP) is 3.73. The van der Waals surface area contributed by atoms with Gasteiger partial charge in [0.05, 0.1) is 22.6 Å². The lowest BCUT2D eigenvalue weighted by molar-refractivity contribution is -0.0665. The lowest BCUT2D eigenvalue weighted by atomic mass is 9.79. The summed E-state index contributed by atoms with van der Waals surface area (Å²) in [5.74, 6) is -0.822. The molecule has 1 aliphatic heterocycles. The van der Waals surface area contributed by atoms with Crippen LogP contribution in [0.15, 0.2) is 83.8 Å². The van der Waals surface area contributed by atoms with Crippen molar-refractivity contribution >= 4 is 15.7 Å². The lowest BCUT2D eigenvalue weighted by Gasteiger charge is -2.49. The fourth-order valence-corrected chi connectivity index (χ4v) is 5.21. The van der Waals surface area contributed by atoms with E-state index in [0.717, 1.165) is 11.1 Å². The molecule has 3 aromatic carbocycles. The number of carbonyl (C=O) groups excluding carboxylic acids is 1. The van der Waals surface area contributed by atoms with Gasteiger partial charge in [-0.2, -0.15) is 0 Å². The average Bonchev–Trinajstić information content (AvgIpc) is 2.82.